The van der Waals surface area contributed by atoms with E-state index in [0.717, 1.165) is 6.07 Å². The molecular weight excluding hydrogens is 371 g/mol. The summed E-state index contributed by atoms with van der Waals surface area (Å²) in [6.07, 6.45) is -4.32. The number of nitrogens with zero attached hydrogens (tertiary/aromatic N) is 2. The first kappa shape index (κ1) is 20.2. The van der Waals surface area contributed by atoms with Crippen molar-refractivity contribution >= 4 is 23.3 Å². The van der Waals surface area contributed by atoms with E-state index in [2.05, 4.69) is 4.99 Å². The van der Waals surface area contributed by atoms with Crippen molar-refractivity contribution < 1.29 is 22.0 Å². The van der Waals surface area contributed by atoms with E-state index in [1.165, 1.54) is 30.3 Å². The van der Waals surface area contributed by atoms with Crippen LogP contribution >= 0.6 is 11.8 Å². The van der Waals surface area contributed by atoms with Gasteiger partial charge in [0.1, 0.15) is 23.2 Å². The fourth-order valence-corrected chi connectivity index (χ4v) is 2.98. The lowest BCUT2D eigenvalue weighted by molar-refractivity contribution is -0.105. The number of alkyl halides is 3. The molecule has 0 aromatic heterocycles. The van der Waals surface area contributed by atoms with Gasteiger partial charge in [-0.3, -0.25) is 0 Å². The zero-order chi connectivity index (χ0) is 19.5. The van der Waals surface area contributed by atoms with Crippen LogP contribution in [0.3, 0.4) is 0 Å². The normalized spacial score (nSPS) is 12.4. The number of benzene rings is 2. The third kappa shape index (κ3) is 5.45. The minimum Gasteiger partial charge on any atom is -0.362 e. The standard InChI is InChI=1S/C18H17F5N2S/c1-11-8-14(20)15(9-16(11)26-10-18(21,22)23)24-17(25(2)3)12-4-6-13(19)7-5-12/h4-9H,10H2,1-3H3. The van der Waals surface area contributed by atoms with Gasteiger partial charge in [0, 0.05) is 24.6 Å². The highest BCUT2D eigenvalue weighted by molar-refractivity contribution is 7.99. The highest BCUT2D eigenvalue weighted by Gasteiger charge is 2.27. The molecule has 26 heavy (non-hydrogen) atoms. The summed E-state index contributed by atoms with van der Waals surface area (Å²) in [5.74, 6) is -1.76. The van der Waals surface area contributed by atoms with E-state index in [1.807, 2.05) is 0 Å². The van der Waals surface area contributed by atoms with Crippen LogP contribution in [0.25, 0.3) is 0 Å². The molecule has 0 heterocycles. The Balaban J connectivity index is 2.44. The fraction of sp³-hybridized carbons (Fsp3) is 0.278. The molecule has 0 aliphatic carbocycles. The predicted octanol–water partition coefficient (Wildman–Crippen LogP) is 5.57. The molecule has 0 aliphatic rings. The Labute approximate surface area is 152 Å². The maximum absolute atomic E-state index is 14.3. The van der Waals surface area contributed by atoms with E-state index < -0.39 is 23.6 Å². The average molecular weight is 388 g/mol. The Morgan fingerprint density at radius 3 is 2.23 bits per heavy atom. The third-order valence-corrected chi connectivity index (χ3v) is 4.61. The molecule has 0 N–H and O–H groups in total. The van der Waals surface area contributed by atoms with Gasteiger partial charge in [-0.1, -0.05) is 0 Å². The molecule has 2 nitrogen and oxygen atoms in total. The van der Waals surface area contributed by atoms with Gasteiger partial charge in [0.15, 0.2) is 0 Å². The summed E-state index contributed by atoms with van der Waals surface area (Å²) in [5.41, 5.74) is 0.887. The van der Waals surface area contributed by atoms with E-state index in [4.69, 9.17) is 0 Å². The lowest BCUT2D eigenvalue weighted by Gasteiger charge is -2.17. The smallest absolute Gasteiger partial charge is 0.362 e. The largest absolute Gasteiger partial charge is 0.398 e. The van der Waals surface area contributed by atoms with E-state index in [-0.39, 0.29) is 5.69 Å². The van der Waals surface area contributed by atoms with Crippen molar-refractivity contribution in [2.75, 3.05) is 19.8 Å². The number of hydrogen-bond donors (Lipinski definition) is 0. The van der Waals surface area contributed by atoms with E-state index in [0.29, 0.717) is 33.6 Å². The second-order valence-electron chi connectivity index (χ2n) is 5.81. The van der Waals surface area contributed by atoms with E-state index >= 15 is 0 Å². The van der Waals surface area contributed by atoms with Crippen LogP contribution in [0.5, 0.6) is 0 Å². The monoisotopic (exact) mass is 388 g/mol. The Kier molecular flexibility index (Phi) is 6.28. The van der Waals surface area contributed by atoms with Gasteiger partial charge in [-0.2, -0.15) is 13.2 Å². The second-order valence-corrected chi connectivity index (χ2v) is 6.83. The van der Waals surface area contributed by atoms with Crippen molar-refractivity contribution in [1.82, 2.24) is 4.90 Å². The van der Waals surface area contributed by atoms with Crippen LogP contribution in [-0.4, -0.2) is 36.8 Å². The average Bonchev–Trinajstić information content (AvgIpc) is 2.53. The third-order valence-electron chi connectivity index (χ3n) is 3.39. The highest BCUT2D eigenvalue weighted by Crippen LogP contribution is 2.33. The summed E-state index contributed by atoms with van der Waals surface area (Å²) in [6, 6.07) is 7.97. The number of rotatable bonds is 4. The minimum atomic E-state index is -4.32. The molecule has 0 saturated heterocycles. The second kappa shape index (κ2) is 8.07. The van der Waals surface area contributed by atoms with Crippen LogP contribution in [0.2, 0.25) is 0 Å². The van der Waals surface area contributed by atoms with Gasteiger partial charge in [-0.15, -0.1) is 11.8 Å². The van der Waals surface area contributed by atoms with Gasteiger partial charge in [0.05, 0.1) is 5.75 Å². The van der Waals surface area contributed by atoms with Crippen LogP contribution in [0.15, 0.2) is 46.3 Å². The minimum absolute atomic E-state index is 0.0756. The van der Waals surface area contributed by atoms with Crippen molar-refractivity contribution in [3.63, 3.8) is 0 Å². The molecule has 0 spiro atoms. The van der Waals surface area contributed by atoms with Crippen molar-refractivity contribution in [3.8, 4) is 0 Å². The molecule has 2 rings (SSSR count). The van der Waals surface area contributed by atoms with E-state index in [9.17, 15) is 22.0 Å². The van der Waals surface area contributed by atoms with Crippen LogP contribution < -0.4 is 0 Å². The zero-order valence-electron chi connectivity index (χ0n) is 14.4. The lowest BCUT2D eigenvalue weighted by atomic mass is 10.2. The first-order valence-electron chi connectivity index (χ1n) is 7.58. The first-order valence-corrected chi connectivity index (χ1v) is 8.57. The van der Waals surface area contributed by atoms with Gasteiger partial charge in [-0.05, 0) is 48.9 Å². The van der Waals surface area contributed by atoms with Gasteiger partial charge in [0.25, 0.3) is 0 Å². The Hall–Kier alpha value is -2.09. The SMILES string of the molecule is Cc1cc(F)c(N=C(c2ccc(F)cc2)N(C)C)cc1SCC(F)(F)F. The summed E-state index contributed by atoms with van der Waals surface area (Å²) in [5, 5.41) is 0. The number of aryl methyl sites for hydroxylation is 1. The number of halogens is 5. The molecule has 2 aromatic rings. The molecule has 0 saturated carbocycles. The van der Waals surface area contributed by atoms with Crippen LogP contribution in [0, 0.1) is 18.6 Å². The molecule has 8 heteroatoms. The Morgan fingerprint density at radius 2 is 1.69 bits per heavy atom. The molecule has 2 aromatic carbocycles. The summed E-state index contributed by atoms with van der Waals surface area (Å²) in [6.45, 7) is 1.54. The molecular formula is C18H17F5N2S. The van der Waals surface area contributed by atoms with Crippen molar-refractivity contribution in [3.05, 3.63) is 59.2 Å². The first-order chi connectivity index (χ1) is 12.1. The lowest BCUT2D eigenvalue weighted by Crippen LogP contribution is -2.22. The summed E-state index contributed by atoms with van der Waals surface area (Å²) in [7, 11) is 3.38. The number of thioether (sulfide) groups is 1. The molecule has 0 unspecified atom stereocenters. The fourth-order valence-electron chi connectivity index (χ4n) is 2.18. The molecule has 0 radical (unpaired) electrons. The maximum Gasteiger partial charge on any atom is 0.398 e. The molecule has 0 aliphatic heterocycles. The summed E-state index contributed by atoms with van der Waals surface area (Å²) >= 11 is 0.586. The zero-order valence-corrected chi connectivity index (χ0v) is 15.2. The Morgan fingerprint density at radius 1 is 1.08 bits per heavy atom. The summed E-state index contributed by atoms with van der Waals surface area (Å²) < 4.78 is 64.8. The van der Waals surface area contributed by atoms with Crippen molar-refractivity contribution in [2.45, 2.75) is 18.0 Å². The molecule has 0 bridgehead atoms. The van der Waals surface area contributed by atoms with Gasteiger partial charge in [0.2, 0.25) is 0 Å². The van der Waals surface area contributed by atoms with Crippen LogP contribution in [0.1, 0.15) is 11.1 Å². The maximum atomic E-state index is 14.3. The quantitative estimate of drug-likeness (QED) is 0.295. The predicted molar refractivity (Wildman–Crippen MR) is 94.2 cm³/mol. The topological polar surface area (TPSA) is 15.6 Å². The molecule has 0 fully saturated rings. The molecule has 0 amide bonds. The molecule has 0 atom stereocenters. The molecule has 140 valence electrons. The number of amidine groups is 1. The van der Waals surface area contributed by atoms with Crippen molar-refractivity contribution in [2.24, 2.45) is 4.99 Å². The number of hydrogen-bond acceptors (Lipinski definition) is 2. The van der Waals surface area contributed by atoms with E-state index in [1.54, 1.807) is 25.9 Å². The van der Waals surface area contributed by atoms with Gasteiger partial charge >= 0.3 is 6.18 Å². The number of aliphatic imine (C=N–C) groups is 1. The van der Waals surface area contributed by atoms with Gasteiger partial charge < -0.3 is 4.90 Å². The Bertz CT molecular complexity index is 798. The van der Waals surface area contributed by atoms with Crippen molar-refractivity contribution in [1.29, 1.82) is 0 Å². The van der Waals surface area contributed by atoms with Gasteiger partial charge in [-0.25, -0.2) is 13.8 Å². The highest BCUT2D eigenvalue weighted by atomic mass is 32.2. The van der Waals surface area contributed by atoms with Crippen LogP contribution in [0.4, 0.5) is 27.6 Å². The summed E-state index contributed by atoms with van der Waals surface area (Å²) in [4.78, 5) is 6.18. The van der Waals surface area contributed by atoms with Crippen LogP contribution in [-0.2, 0) is 0 Å².